The van der Waals surface area contributed by atoms with Crippen LogP contribution in [0.2, 0.25) is 0 Å². The van der Waals surface area contributed by atoms with Gasteiger partial charge in [0.15, 0.2) is 0 Å². The minimum atomic E-state index is 0.859. The Balaban J connectivity index is 2.63. The van der Waals surface area contributed by atoms with Gasteiger partial charge in [-0.15, -0.1) is 0 Å². The molecule has 0 aliphatic carbocycles. The first-order valence-corrected chi connectivity index (χ1v) is 5.52. The Hall–Kier alpha value is -1.76. The van der Waals surface area contributed by atoms with Gasteiger partial charge in [0.25, 0.3) is 0 Å². The Kier molecular flexibility index (Phi) is 2.69. The molecule has 0 bridgehead atoms. The smallest absolute Gasteiger partial charge is 0.0349 e. The summed E-state index contributed by atoms with van der Waals surface area (Å²) < 4.78 is 0. The van der Waals surface area contributed by atoms with Gasteiger partial charge in [-0.2, -0.15) is 0 Å². The van der Waals surface area contributed by atoms with Crippen molar-refractivity contribution in [1.29, 1.82) is 0 Å². The second-order valence-corrected chi connectivity index (χ2v) is 4.34. The number of benzene rings is 2. The van der Waals surface area contributed by atoms with Gasteiger partial charge in [-0.05, 0) is 49.1 Å². The summed E-state index contributed by atoms with van der Waals surface area (Å²) in [5, 5.41) is 0. The molecule has 0 aromatic heterocycles. The van der Waals surface area contributed by atoms with Crippen LogP contribution in [0.25, 0.3) is 11.1 Å². The van der Waals surface area contributed by atoms with Gasteiger partial charge in [-0.1, -0.05) is 35.9 Å². The zero-order valence-electron chi connectivity index (χ0n) is 10.0. The molecule has 0 fully saturated rings. The van der Waals surface area contributed by atoms with Crippen molar-refractivity contribution in [3.63, 3.8) is 0 Å². The minimum Gasteiger partial charge on any atom is -0.398 e. The molecule has 1 heteroatoms. The first kappa shape index (κ1) is 10.7. The van der Waals surface area contributed by atoms with Gasteiger partial charge in [-0.25, -0.2) is 0 Å². The Morgan fingerprint density at radius 3 is 2.31 bits per heavy atom. The van der Waals surface area contributed by atoms with E-state index in [0.29, 0.717) is 0 Å². The molecule has 0 spiro atoms. The third kappa shape index (κ3) is 1.81. The molecule has 2 aromatic carbocycles. The monoisotopic (exact) mass is 211 g/mol. The summed E-state index contributed by atoms with van der Waals surface area (Å²) in [5.41, 5.74) is 13.1. The number of anilines is 1. The highest BCUT2D eigenvalue weighted by Gasteiger charge is 2.06. The van der Waals surface area contributed by atoms with Crippen LogP contribution in [-0.4, -0.2) is 0 Å². The number of aryl methyl sites for hydroxylation is 2. The van der Waals surface area contributed by atoms with Crippen molar-refractivity contribution in [2.24, 2.45) is 0 Å². The molecule has 2 N–H and O–H groups in total. The van der Waals surface area contributed by atoms with E-state index in [-0.39, 0.29) is 0 Å². The van der Waals surface area contributed by atoms with Crippen LogP contribution in [0.3, 0.4) is 0 Å². The van der Waals surface area contributed by atoms with Gasteiger partial charge in [0, 0.05) is 5.69 Å². The van der Waals surface area contributed by atoms with Gasteiger partial charge in [0.2, 0.25) is 0 Å². The number of nitrogen functional groups attached to an aromatic ring is 1. The second kappa shape index (κ2) is 4.01. The zero-order chi connectivity index (χ0) is 11.7. The standard InChI is InChI=1S/C15H17N/c1-10-7-8-13(11(2)9-10)14-5-4-6-15(16)12(14)3/h4-9H,16H2,1-3H3. The summed E-state index contributed by atoms with van der Waals surface area (Å²) >= 11 is 0. The normalized spacial score (nSPS) is 10.4. The highest BCUT2D eigenvalue weighted by atomic mass is 14.6. The fourth-order valence-electron chi connectivity index (χ4n) is 2.06. The van der Waals surface area contributed by atoms with Crippen LogP contribution in [0.4, 0.5) is 5.69 Å². The van der Waals surface area contributed by atoms with Crippen LogP contribution in [0.1, 0.15) is 16.7 Å². The molecular weight excluding hydrogens is 194 g/mol. The molecule has 82 valence electrons. The molecule has 2 aromatic rings. The highest BCUT2D eigenvalue weighted by Crippen LogP contribution is 2.29. The second-order valence-electron chi connectivity index (χ2n) is 4.34. The fraction of sp³-hybridized carbons (Fsp3) is 0.200. The third-order valence-corrected chi connectivity index (χ3v) is 3.05. The fourth-order valence-corrected chi connectivity index (χ4v) is 2.06. The Morgan fingerprint density at radius 2 is 1.62 bits per heavy atom. The lowest BCUT2D eigenvalue weighted by Crippen LogP contribution is -1.93. The molecule has 0 atom stereocenters. The topological polar surface area (TPSA) is 26.0 Å². The molecule has 0 amide bonds. The van der Waals surface area contributed by atoms with Crippen LogP contribution < -0.4 is 5.73 Å². The first-order valence-electron chi connectivity index (χ1n) is 5.52. The van der Waals surface area contributed by atoms with E-state index in [2.05, 4.69) is 45.0 Å². The lowest BCUT2D eigenvalue weighted by molar-refractivity contribution is 1.36. The molecule has 2 rings (SSSR count). The van der Waals surface area contributed by atoms with Crippen molar-refractivity contribution < 1.29 is 0 Å². The maximum absolute atomic E-state index is 5.94. The average molecular weight is 211 g/mol. The van der Waals surface area contributed by atoms with E-state index in [9.17, 15) is 0 Å². The van der Waals surface area contributed by atoms with E-state index in [0.717, 1.165) is 11.3 Å². The van der Waals surface area contributed by atoms with E-state index in [1.807, 2.05) is 12.1 Å². The summed E-state index contributed by atoms with van der Waals surface area (Å²) in [6.45, 7) is 6.33. The van der Waals surface area contributed by atoms with Crippen LogP contribution >= 0.6 is 0 Å². The van der Waals surface area contributed by atoms with Crippen molar-refractivity contribution in [1.82, 2.24) is 0 Å². The number of nitrogens with two attached hydrogens (primary N) is 1. The molecule has 0 aliphatic rings. The molecule has 0 radical (unpaired) electrons. The van der Waals surface area contributed by atoms with Crippen molar-refractivity contribution in [3.8, 4) is 11.1 Å². The molecule has 16 heavy (non-hydrogen) atoms. The van der Waals surface area contributed by atoms with E-state index in [1.165, 1.54) is 22.3 Å². The Morgan fingerprint density at radius 1 is 0.875 bits per heavy atom. The summed E-state index contributed by atoms with van der Waals surface area (Å²) in [7, 11) is 0. The number of hydrogen-bond acceptors (Lipinski definition) is 1. The van der Waals surface area contributed by atoms with E-state index in [1.54, 1.807) is 0 Å². The summed E-state index contributed by atoms with van der Waals surface area (Å²) in [6.07, 6.45) is 0. The van der Waals surface area contributed by atoms with Gasteiger partial charge in [-0.3, -0.25) is 0 Å². The quantitative estimate of drug-likeness (QED) is 0.712. The highest BCUT2D eigenvalue weighted by molar-refractivity contribution is 5.75. The van der Waals surface area contributed by atoms with E-state index in [4.69, 9.17) is 5.73 Å². The summed E-state index contributed by atoms with van der Waals surface area (Å²) in [4.78, 5) is 0. The van der Waals surface area contributed by atoms with Crippen molar-refractivity contribution >= 4 is 5.69 Å². The van der Waals surface area contributed by atoms with Crippen LogP contribution in [0, 0.1) is 20.8 Å². The van der Waals surface area contributed by atoms with E-state index < -0.39 is 0 Å². The SMILES string of the molecule is Cc1ccc(-c2cccc(N)c2C)c(C)c1. The molecule has 0 heterocycles. The lowest BCUT2D eigenvalue weighted by Gasteiger charge is -2.11. The van der Waals surface area contributed by atoms with Crippen molar-refractivity contribution in [2.45, 2.75) is 20.8 Å². The minimum absolute atomic E-state index is 0.859. The maximum Gasteiger partial charge on any atom is 0.0349 e. The Bertz CT molecular complexity index is 527. The zero-order valence-corrected chi connectivity index (χ0v) is 10.0. The molecule has 0 aliphatic heterocycles. The molecule has 0 unspecified atom stereocenters. The van der Waals surface area contributed by atoms with Crippen molar-refractivity contribution in [3.05, 3.63) is 53.1 Å². The van der Waals surface area contributed by atoms with Gasteiger partial charge in [0.1, 0.15) is 0 Å². The Labute approximate surface area is 96.9 Å². The third-order valence-electron chi connectivity index (χ3n) is 3.05. The van der Waals surface area contributed by atoms with Crippen molar-refractivity contribution in [2.75, 3.05) is 5.73 Å². The predicted molar refractivity (Wildman–Crippen MR) is 70.5 cm³/mol. The first-order chi connectivity index (χ1) is 7.59. The molecule has 0 saturated carbocycles. The van der Waals surface area contributed by atoms with Crippen LogP contribution in [0.15, 0.2) is 36.4 Å². The van der Waals surface area contributed by atoms with E-state index >= 15 is 0 Å². The van der Waals surface area contributed by atoms with Crippen LogP contribution in [0.5, 0.6) is 0 Å². The predicted octanol–water partition coefficient (Wildman–Crippen LogP) is 3.86. The van der Waals surface area contributed by atoms with Gasteiger partial charge >= 0.3 is 0 Å². The lowest BCUT2D eigenvalue weighted by atomic mass is 9.95. The molecule has 0 saturated heterocycles. The van der Waals surface area contributed by atoms with Gasteiger partial charge in [0.05, 0.1) is 0 Å². The summed E-state index contributed by atoms with van der Waals surface area (Å²) in [5.74, 6) is 0. The summed E-state index contributed by atoms with van der Waals surface area (Å²) in [6, 6.07) is 12.6. The number of rotatable bonds is 1. The van der Waals surface area contributed by atoms with Crippen LogP contribution in [-0.2, 0) is 0 Å². The largest absolute Gasteiger partial charge is 0.398 e. The average Bonchev–Trinajstić information content (AvgIpc) is 2.23. The molecular formula is C15H17N. The van der Waals surface area contributed by atoms with Gasteiger partial charge < -0.3 is 5.73 Å². The molecule has 1 nitrogen and oxygen atoms in total. The maximum atomic E-state index is 5.94. The number of hydrogen-bond donors (Lipinski definition) is 1.